The Balaban J connectivity index is 2.42. The molecule has 12 heavy (non-hydrogen) atoms. The molecule has 0 aliphatic rings. The van der Waals surface area contributed by atoms with E-state index < -0.39 is 0 Å². The van der Waals surface area contributed by atoms with Crippen LogP contribution in [0.4, 0.5) is 0 Å². The van der Waals surface area contributed by atoms with E-state index in [2.05, 4.69) is 11.6 Å². The predicted octanol–water partition coefficient (Wildman–Crippen LogP) is 2.18. The zero-order valence-corrected chi connectivity index (χ0v) is 7.43. The summed E-state index contributed by atoms with van der Waals surface area (Å²) in [5.41, 5.74) is 0.945. The maximum Gasteiger partial charge on any atom is 0.235 e. The zero-order chi connectivity index (χ0) is 8.81. The number of rotatable bonds is 4. The van der Waals surface area contributed by atoms with Crippen molar-refractivity contribution in [1.82, 2.24) is 0 Å². The quantitative estimate of drug-likeness (QED) is 0.396. The highest BCUT2D eigenvalue weighted by molar-refractivity contribution is 7.09. The predicted molar refractivity (Wildman–Crippen MR) is 50.2 cm³/mol. The van der Waals surface area contributed by atoms with Gasteiger partial charge in [0.25, 0.3) is 0 Å². The van der Waals surface area contributed by atoms with E-state index in [0.717, 1.165) is 12.0 Å². The first-order valence-corrected chi connectivity index (χ1v) is 4.43. The number of thiophene rings is 1. The van der Waals surface area contributed by atoms with Crippen LogP contribution in [0.5, 0.6) is 0 Å². The number of carbonyl (C=O) groups excluding carboxylic acids is 1. The fourth-order valence-corrected chi connectivity index (χ4v) is 1.64. The maximum atomic E-state index is 9.78. The van der Waals surface area contributed by atoms with E-state index in [4.69, 9.17) is 0 Å². The van der Waals surface area contributed by atoms with Crippen LogP contribution in [-0.2, 0) is 11.2 Å². The van der Waals surface area contributed by atoms with E-state index in [1.807, 2.05) is 17.5 Å². The summed E-state index contributed by atoms with van der Waals surface area (Å²) in [4.78, 5) is 14.5. The van der Waals surface area contributed by atoms with Crippen LogP contribution in [0.1, 0.15) is 4.88 Å². The molecule has 0 unspecified atom stereocenters. The zero-order valence-electron chi connectivity index (χ0n) is 6.62. The summed E-state index contributed by atoms with van der Waals surface area (Å²) in [7, 11) is 0. The second kappa shape index (κ2) is 4.65. The van der Waals surface area contributed by atoms with E-state index in [9.17, 15) is 4.79 Å². The van der Waals surface area contributed by atoms with Crippen molar-refractivity contribution in [2.45, 2.75) is 6.42 Å². The Hall–Kier alpha value is -1.18. The van der Waals surface area contributed by atoms with Crippen molar-refractivity contribution in [2.24, 2.45) is 4.99 Å². The Labute approximate surface area is 75.3 Å². The SMILES string of the molecule is C=C(CN=C=O)Cc1cccs1. The molecule has 0 fully saturated rings. The molecule has 0 atom stereocenters. The Kier molecular flexibility index (Phi) is 3.45. The lowest BCUT2D eigenvalue weighted by Crippen LogP contribution is -1.89. The van der Waals surface area contributed by atoms with E-state index in [0.29, 0.717) is 6.54 Å². The first-order chi connectivity index (χ1) is 5.83. The normalized spacial score (nSPS) is 9.00. The molecule has 0 radical (unpaired) electrons. The van der Waals surface area contributed by atoms with Crippen molar-refractivity contribution in [2.75, 3.05) is 6.54 Å². The number of hydrogen-bond acceptors (Lipinski definition) is 3. The molecule has 0 aromatic carbocycles. The summed E-state index contributed by atoms with van der Waals surface area (Å²) >= 11 is 1.68. The van der Waals surface area contributed by atoms with Gasteiger partial charge in [0.05, 0.1) is 6.54 Å². The molecular formula is C9H9NOS. The van der Waals surface area contributed by atoms with Gasteiger partial charge in [-0.2, -0.15) is 0 Å². The summed E-state index contributed by atoms with van der Waals surface area (Å²) < 4.78 is 0. The molecule has 0 amide bonds. The van der Waals surface area contributed by atoms with Crippen molar-refractivity contribution in [3.8, 4) is 0 Å². The Morgan fingerprint density at radius 2 is 2.58 bits per heavy atom. The molecule has 0 aliphatic carbocycles. The van der Waals surface area contributed by atoms with Crippen LogP contribution in [0.15, 0.2) is 34.7 Å². The van der Waals surface area contributed by atoms with Crippen LogP contribution in [0.2, 0.25) is 0 Å². The van der Waals surface area contributed by atoms with Crippen molar-refractivity contribution in [3.63, 3.8) is 0 Å². The summed E-state index contributed by atoms with van der Waals surface area (Å²) in [5.74, 6) is 0. The summed E-state index contributed by atoms with van der Waals surface area (Å²) in [6.45, 7) is 4.19. The van der Waals surface area contributed by atoms with Gasteiger partial charge in [-0.25, -0.2) is 9.79 Å². The van der Waals surface area contributed by atoms with Gasteiger partial charge in [0, 0.05) is 11.3 Å². The highest BCUT2D eigenvalue weighted by atomic mass is 32.1. The van der Waals surface area contributed by atoms with Crippen LogP contribution in [0, 0.1) is 0 Å². The first-order valence-electron chi connectivity index (χ1n) is 3.55. The lowest BCUT2D eigenvalue weighted by atomic mass is 10.2. The minimum Gasteiger partial charge on any atom is -0.211 e. The van der Waals surface area contributed by atoms with Crippen molar-refractivity contribution >= 4 is 17.4 Å². The van der Waals surface area contributed by atoms with Crippen molar-refractivity contribution < 1.29 is 4.79 Å². The maximum absolute atomic E-state index is 9.78. The molecule has 0 bridgehead atoms. The third-order valence-electron chi connectivity index (χ3n) is 1.37. The highest BCUT2D eigenvalue weighted by Crippen LogP contribution is 2.12. The van der Waals surface area contributed by atoms with Gasteiger partial charge in [-0.1, -0.05) is 18.2 Å². The van der Waals surface area contributed by atoms with Crippen LogP contribution >= 0.6 is 11.3 Å². The fourth-order valence-electron chi connectivity index (χ4n) is 0.860. The van der Waals surface area contributed by atoms with Gasteiger partial charge in [-0.15, -0.1) is 11.3 Å². The first kappa shape index (κ1) is 8.91. The average Bonchev–Trinajstić information content (AvgIpc) is 2.53. The second-order valence-electron chi connectivity index (χ2n) is 2.41. The van der Waals surface area contributed by atoms with E-state index in [1.165, 1.54) is 11.0 Å². The Morgan fingerprint density at radius 3 is 3.17 bits per heavy atom. The van der Waals surface area contributed by atoms with E-state index in [1.54, 1.807) is 11.3 Å². The minimum absolute atomic E-state index is 0.390. The molecule has 1 heterocycles. The molecule has 0 spiro atoms. The minimum atomic E-state index is 0.390. The molecule has 0 saturated heterocycles. The standard InChI is InChI=1S/C9H9NOS/c1-8(6-10-7-11)5-9-3-2-4-12-9/h2-4H,1,5-6H2. The largest absolute Gasteiger partial charge is 0.235 e. The third kappa shape index (κ3) is 2.82. The monoisotopic (exact) mass is 179 g/mol. The summed E-state index contributed by atoms with van der Waals surface area (Å²) in [6.07, 6.45) is 2.30. The molecule has 0 aliphatic heterocycles. The molecule has 0 N–H and O–H groups in total. The Morgan fingerprint density at radius 1 is 1.75 bits per heavy atom. The third-order valence-corrected chi connectivity index (χ3v) is 2.25. The van der Waals surface area contributed by atoms with E-state index in [-0.39, 0.29) is 0 Å². The van der Waals surface area contributed by atoms with E-state index >= 15 is 0 Å². The van der Waals surface area contributed by atoms with Crippen LogP contribution in [0.25, 0.3) is 0 Å². The lowest BCUT2D eigenvalue weighted by molar-refractivity contribution is 0.563. The molecule has 1 rings (SSSR count). The molecular weight excluding hydrogens is 170 g/mol. The van der Waals surface area contributed by atoms with Crippen LogP contribution in [0.3, 0.4) is 0 Å². The molecule has 3 heteroatoms. The van der Waals surface area contributed by atoms with Gasteiger partial charge < -0.3 is 0 Å². The van der Waals surface area contributed by atoms with Gasteiger partial charge in [0.1, 0.15) is 0 Å². The summed E-state index contributed by atoms with van der Waals surface area (Å²) in [6, 6.07) is 4.04. The Bertz CT molecular complexity index is 296. The second-order valence-corrected chi connectivity index (χ2v) is 3.45. The number of isocyanates is 1. The fraction of sp³-hybridized carbons (Fsp3) is 0.222. The van der Waals surface area contributed by atoms with Gasteiger partial charge in [0.2, 0.25) is 6.08 Å². The smallest absolute Gasteiger partial charge is 0.211 e. The topological polar surface area (TPSA) is 29.4 Å². The number of hydrogen-bond donors (Lipinski definition) is 0. The van der Waals surface area contributed by atoms with Crippen molar-refractivity contribution in [3.05, 3.63) is 34.5 Å². The van der Waals surface area contributed by atoms with Crippen LogP contribution < -0.4 is 0 Å². The summed E-state index contributed by atoms with van der Waals surface area (Å²) in [5, 5.41) is 2.02. The van der Waals surface area contributed by atoms with Gasteiger partial charge in [0.15, 0.2) is 0 Å². The average molecular weight is 179 g/mol. The lowest BCUT2D eigenvalue weighted by Gasteiger charge is -1.96. The van der Waals surface area contributed by atoms with Gasteiger partial charge >= 0.3 is 0 Å². The van der Waals surface area contributed by atoms with Crippen molar-refractivity contribution in [1.29, 1.82) is 0 Å². The molecule has 1 aromatic rings. The molecule has 62 valence electrons. The number of aliphatic imine (C=N–C) groups is 1. The molecule has 0 saturated carbocycles. The highest BCUT2D eigenvalue weighted by Gasteiger charge is 1.96. The van der Waals surface area contributed by atoms with Crippen LogP contribution in [-0.4, -0.2) is 12.6 Å². The molecule has 2 nitrogen and oxygen atoms in total. The molecule has 1 aromatic heterocycles. The van der Waals surface area contributed by atoms with Gasteiger partial charge in [-0.3, -0.25) is 0 Å². The number of nitrogens with zero attached hydrogens (tertiary/aromatic N) is 1. The van der Waals surface area contributed by atoms with Gasteiger partial charge in [-0.05, 0) is 11.4 Å².